The van der Waals surface area contributed by atoms with Crippen molar-refractivity contribution in [1.82, 2.24) is 5.01 Å². The number of fused-ring (bicyclic) bond motifs is 3. The SMILES string of the molecule is COc1ccc(C2=NN3[C@H](C2)c2ccccc2O[C@@H]3c2ccc(OC(C)C)cc2)cc1. The number of methoxy groups -OCH3 is 1. The van der Waals surface area contributed by atoms with Gasteiger partial charge in [-0.05, 0) is 74.0 Å². The second kappa shape index (κ2) is 7.99. The summed E-state index contributed by atoms with van der Waals surface area (Å²) in [5.74, 6) is 2.62. The number of rotatable bonds is 5. The van der Waals surface area contributed by atoms with Gasteiger partial charge in [-0.25, -0.2) is 5.01 Å². The van der Waals surface area contributed by atoms with Crippen molar-refractivity contribution in [3.05, 3.63) is 89.5 Å². The highest BCUT2D eigenvalue weighted by Crippen LogP contribution is 2.47. The topological polar surface area (TPSA) is 43.3 Å². The second-order valence-corrected chi connectivity index (χ2v) is 8.12. The average Bonchev–Trinajstić information content (AvgIpc) is 3.25. The molecule has 5 rings (SSSR count). The van der Waals surface area contributed by atoms with Gasteiger partial charge in [-0.15, -0.1) is 0 Å². The molecular weight excluding hydrogens is 388 g/mol. The lowest BCUT2D eigenvalue weighted by molar-refractivity contribution is -0.0190. The Bertz CT molecular complexity index is 1090. The van der Waals surface area contributed by atoms with Gasteiger partial charge in [0.1, 0.15) is 17.2 Å². The first-order valence-electron chi connectivity index (χ1n) is 10.6. The van der Waals surface area contributed by atoms with Crippen LogP contribution in [0.25, 0.3) is 0 Å². The summed E-state index contributed by atoms with van der Waals surface area (Å²) in [5.41, 5.74) is 4.38. The maximum Gasteiger partial charge on any atom is 0.213 e. The zero-order chi connectivity index (χ0) is 21.4. The summed E-state index contributed by atoms with van der Waals surface area (Å²) in [6.45, 7) is 4.05. The van der Waals surface area contributed by atoms with Gasteiger partial charge in [0.2, 0.25) is 6.23 Å². The minimum Gasteiger partial charge on any atom is -0.497 e. The van der Waals surface area contributed by atoms with E-state index >= 15 is 0 Å². The van der Waals surface area contributed by atoms with Gasteiger partial charge in [0, 0.05) is 17.5 Å². The largest absolute Gasteiger partial charge is 0.497 e. The van der Waals surface area contributed by atoms with Crippen LogP contribution in [0, 0.1) is 0 Å². The molecule has 0 N–H and O–H groups in total. The molecule has 0 amide bonds. The summed E-state index contributed by atoms with van der Waals surface area (Å²) in [6.07, 6.45) is 0.685. The molecule has 2 aliphatic rings. The number of hydrogen-bond acceptors (Lipinski definition) is 5. The monoisotopic (exact) mass is 414 g/mol. The second-order valence-electron chi connectivity index (χ2n) is 8.12. The van der Waals surface area contributed by atoms with Gasteiger partial charge in [0.15, 0.2) is 0 Å². The van der Waals surface area contributed by atoms with Gasteiger partial charge >= 0.3 is 0 Å². The van der Waals surface area contributed by atoms with Gasteiger partial charge in [-0.1, -0.05) is 18.2 Å². The zero-order valence-electron chi connectivity index (χ0n) is 18.0. The third-order valence-corrected chi connectivity index (χ3v) is 5.66. The molecule has 0 fully saturated rings. The Morgan fingerprint density at radius 2 is 1.65 bits per heavy atom. The lowest BCUT2D eigenvalue weighted by Crippen LogP contribution is -2.33. The van der Waals surface area contributed by atoms with Crippen LogP contribution in [0.15, 0.2) is 77.9 Å². The summed E-state index contributed by atoms with van der Waals surface area (Å²) >= 11 is 0. The van der Waals surface area contributed by atoms with Crippen molar-refractivity contribution < 1.29 is 14.2 Å². The van der Waals surface area contributed by atoms with Crippen LogP contribution in [0.2, 0.25) is 0 Å². The van der Waals surface area contributed by atoms with Crippen LogP contribution in [-0.4, -0.2) is 23.9 Å². The van der Waals surface area contributed by atoms with Crippen LogP contribution in [0.1, 0.15) is 49.2 Å². The molecule has 5 nitrogen and oxygen atoms in total. The molecule has 0 radical (unpaired) electrons. The van der Waals surface area contributed by atoms with E-state index in [-0.39, 0.29) is 18.4 Å². The number of hydrogen-bond donors (Lipinski definition) is 0. The van der Waals surface area contributed by atoms with E-state index in [1.54, 1.807) is 7.11 Å². The van der Waals surface area contributed by atoms with Crippen molar-refractivity contribution in [3.63, 3.8) is 0 Å². The number of nitrogens with zero attached hydrogens (tertiary/aromatic N) is 2. The minimum absolute atomic E-state index is 0.138. The van der Waals surface area contributed by atoms with Gasteiger partial charge in [-0.3, -0.25) is 0 Å². The van der Waals surface area contributed by atoms with E-state index in [0.29, 0.717) is 0 Å². The Kier molecular flexibility index (Phi) is 5.02. The Morgan fingerprint density at radius 3 is 2.35 bits per heavy atom. The van der Waals surface area contributed by atoms with E-state index in [9.17, 15) is 0 Å². The highest BCUT2D eigenvalue weighted by atomic mass is 16.5. The molecule has 0 aliphatic carbocycles. The number of ether oxygens (including phenoxy) is 3. The van der Waals surface area contributed by atoms with Gasteiger partial charge in [0.25, 0.3) is 0 Å². The van der Waals surface area contributed by atoms with Crippen molar-refractivity contribution in [2.24, 2.45) is 5.10 Å². The highest BCUT2D eigenvalue weighted by molar-refractivity contribution is 6.02. The normalized spacial score (nSPS) is 19.4. The van der Waals surface area contributed by atoms with Crippen LogP contribution >= 0.6 is 0 Å². The third kappa shape index (κ3) is 3.72. The predicted molar refractivity (Wildman–Crippen MR) is 121 cm³/mol. The first kappa shape index (κ1) is 19.5. The molecular formula is C26H26N2O3. The number of benzene rings is 3. The lowest BCUT2D eigenvalue weighted by Gasteiger charge is -2.38. The van der Waals surface area contributed by atoms with Gasteiger partial charge in [-0.2, -0.15) is 5.10 Å². The first-order chi connectivity index (χ1) is 15.1. The molecule has 0 aromatic heterocycles. The van der Waals surface area contributed by atoms with Crippen LogP contribution in [0.3, 0.4) is 0 Å². The fraction of sp³-hybridized carbons (Fsp3) is 0.269. The summed E-state index contributed by atoms with van der Waals surface area (Å²) in [4.78, 5) is 0. The molecule has 0 spiro atoms. The first-order valence-corrected chi connectivity index (χ1v) is 10.6. The summed E-state index contributed by atoms with van der Waals surface area (Å²) < 4.78 is 17.5. The standard InChI is InChI=1S/C26H26N2O3/c1-17(2)30-21-14-10-19(11-15-21)26-28-24(22-6-4-5-7-25(22)31-26)16-23(27-28)18-8-12-20(29-3)13-9-18/h4-15,17,24,26H,16H2,1-3H3/t24-,26-/m1/s1. The van der Waals surface area contributed by atoms with E-state index < -0.39 is 0 Å². The maximum atomic E-state index is 6.43. The molecule has 2 heterocycles. The maximum absolute atomic E-state index is 6.43. The smallest absolute Gasteiger partial charge is 0.213 e. The minimum atomic E-state index is -0.288. The van der Waals surface area contributed by atoms with Crippen molar-refractivity contribution in [2.45, 2.75) is 38.6 Å². The van der Waals surface area contributed by atoms with Crippen molar-refractivity contribution in [2.75, 3.05) is 7.11 Å². The zero-order valence-corrected chi connectivity index (χ0v) is 18.0. The van der Waals surface area contributed by atoms with Crippen LogP contribution < -0.4 is 14.2 Å². The van der Waals surface area contributed by atoms with Crippen LogP contribution in [-0.2, 0) is 0 Å². The number of hydrazone groups is 1. The highest BCUT2D eigenvalue weighted by Gasteiger charge is 2.40. The molecule has 3 aromatic rings. The summed E-state index contributed by atoms with van der Waals surface area (Å²) in [6, 6.07) is 24.6. The van der Waals surface area contributed by atoms with Gasteiger partial charge < -0.3 is 14.2 Å². The Morgan fingerprint density at radius 1 is 0.935 bits per heavy atom. The van der Waals surface area contributed by atoms with Crippen LogP contribution in [0.5, 0.6) is 17.2 Å². The van der Waals surface area contributed by atoms with Crippen LogP contribution in [0.4, 0.5) is 0 Å². The van der Waals surface area contributed by atoms with Crippen molar-refractivity contribution in [3.8, 4) is 17.2 Å². The van der Waals surface area contributed by atoms with E-state index in [1.165, 1.54) is 5.56 Å². The fourth-order valence-electron chi connectivity index (χ4n) is 4.20. The summed E-state index contributed by atoms with van der Waals surface area (Å²) in [5, 5.41) is 7.11. The average molecular weight is 415 g/mol. The van der Waals surface area contributed by atoms with E-state index in [2.05, 4.69) is 41.4 Å². The molecule has 0 unspecified atom stereocenters. The fourth-order valence-corrected chi connectivity index (χ4v) is 4.20. The molecule has 0 saturated heterocycles. The Balaban J connectivity index is 1.50. The lowest BCUT2D eigenvalue weighted by atomic mass is 9.96. The number of para-hydroxylation sites is 1. The Hall–Kier alpha value is -3.47. The predicted octanol–water partition coefficient (Wildman–Crippen LogP) is 5.72. The molecule has 2 aliphatic heterocycles. The molecule has 31 heavy (non-hydrogen) atoms. The van der Waals surface area contributed by atoms with E-state index in [4.69, 9.17) is 19.3 Å². The van der Waals surface area contributed by atoms with Gasteiger partial charge in [0.05, 0.1) is 25.0 Å². The quantitative estimate of drug-likeness (QED) is 0.535. The Labute approximate surface area is 182 Å². The molecule has 5 heteroatoms. The molecule has 3 aromatic carbocycles. The van der Waals surface area contributed by atoms with Crippen molar-refractivity contribution in [1.29, 1.82) is 0 Å². The van der Waals surface area contributed by atoms with E-state index in [1.807, 2.05) is 50.2 Å². The molecule has 0 saturated carbocycles. The third-order valence-electron chi connectivity index (χ3n) is 5.66. The van der Waals surface area contributed by atoms with Crippen molar-refractivity contribution >= 4 is 5.71 Å². The summed E-state index contributed by atoms with van der Waals surface area (Å²) in [7, 11) is 1.68. The molecule has 158 valence electrons. The molecule has 2 atom stereocenters. The molecule has 0 bridgehead atoms. The van der Waals surface area contributed by atoms with E-state index in [0.717, 1.165) is 40.5 Å².